The van der Waals surface area contributed by atoms with E-state index < -0.39 is 15.9 Å². The van der Waals surface area contributed by atoms with Gasteiger partial charge in [-0.1, -0.05) is 0 Å². The molecule has 1 unspecified atom stereocenters. The molecular weight excluding hydrogens is 299 g/mol. The molecule has 0 aromatic carbocycles. The summed E-state index contributed by atoms with van der Waals surface area (Å²) < 4.78 is 0. The second-order valence-electron chi connectivity index (χ2n) is 5.52. The zero-order valence-corrected chi connectivity index (χ0v) is 13.5. The predicted molar refractivity (Wildman–Crippen MR) is 83.4 cm³/mol. The molecule has 8 heteroatoms. The second-order valence-corrected chi connectivity index (χ2v) is 6.62. The van der Waals surface area contributed by atoms with Gasteiger partial charge in [-0.3, -0.25) is 9.98 Å². The van der Waals surface area contributed by atoms with Crippen LogP contribution in [0.2, 0.25) is 0 Å². The molecule has 0 saturated heterocycles. The Kier molecular flexibility index (Phi) is 4.54. The van der Waals surface area contributed by atoms with Gasteiger partial charge in [-0.15, -0.1) is 23.2 Å². The summed E-state index contributed by atoms with van der Waals surface area (Å²) >= 11 is 12.2. The Labute approximate surface area is 129 Å². The van der Waals surface area contributed by atoms with Crippen molar-refractivity contribution in [1.82, 2.24) is 10.6 Å². The first kappa shape index (κ1) is 15.5. The highest BCUT2D eigenvalue weighted by atomic mass is 35.5. The number of halogens is 2. The maximum atomic E-state index is 6.10. The zero-order valence-electron chi connectivity index (χ0n) is 12.0. The van der Waals surface area contributed by atoms with Crippen molar-refractivity contribution in [2.45, 2.75) is 36.7 Å². The lowest BCUT2D eigenvalue weighted by Gasteiger charge is -2.27. The van der Waals surface area contributed by atoms with Crippen LogP contribution in [-0.2, 0) is 0 Å². The minimum atomic E-state index is -0.865. The van der Waals surface area contributed by atoms with E-state index in [0.717, 1.165) is 25.5 Å². The SMILES string of the molecule is CC(C)(N=NC(C)(C1=NCCN1)C(Cl)Cl)C1=NCCN1. The normalized spacial score (nSPS) is 22.5. The smallest absolute Gasteiger partial charge is 0.165 e. The number of hydrogen-bond donors (Lipinski definition) is 2. The Balaban J connectivity index is 2.21. The minimum absolute atomic E-state index is 0.528. The molecule has 0 fully saturated rings. The van der Waals surface area contributed by atoms with E-state index in [-0.39, 0.29) is 0 Å². The lowest BCUT2D eigenvalue weighted by Crippen LogP contribution is -2.46. The van der Waals surface area contributed by atoms with Crippen molar-refractivity contribution >= 4 is 34.9 Å². The third-order valence-electron chi connectivity index (χ3n) is 3.34. The first-order chi connectivity index (χ1) is 9.36. The van der Waals surface area contributed by atoms with E-state index in [2.05, 4.69) is 30.8 Å². The summed E-state index contributed by atoms with van der Waals surface area (Å²) in [6.45, 7) is 8.83. The Bertz CT molecular complexity index is 457. The molecular formula is C12H20Cl2N6. The van der Waals surface area contributed by atoms with Crippen LogP contribution < -0.4 is 10.6 Å². The highest BCUT2D eigenvalue weighted by Gasteiger charge is 2.40. The molecule has 0 radical (unpaired) electrons. The summed E-state index contributed by atoms with van der Waals surface area (Å²) in [6.07, 6.45) is 0. The molecule has 0 bridgehead atoms. The molecule has 1 atom stereocenters. The largest absolute Gasteiger partial charge is 0.370 e. The highest BCUT2D eigenvalue weighted by Crippen LogP contribution is 2.28. The summed E-state index contributed by atoms with van der Waals surface area (Å²) in [5, 5.41) is 15.2. The number of rotatable bonds is 5. The van der Waals surface area contributed by atoms with Gasteiger partial charge in [-0.25, -0.2) is 0 Å². The van der Waals surface area contributed by atoms with Gasteiger partial charge < -0.3 is 10.6 Å². The summed E-state index contributed by atoms with van der Waals surface area (Å²) in [7, 11) is 0. The predicted octanol–water partition coefficient (Wildman–Crippen LogP) is 1.78. The zero-order chi connectivity index (χ0) is 14.8. The second kappa shape index (κ2) is 5.85. The number of aliphatic imine (C=N–C) groups is 2. The van der Waals surface area contributed by atoms with Crippen LogP contribution in [0.15, 0.2) is 20.2 Å². The van der Waals surface area contributed by atoms with E-state index in [9.17, 15) is 0 Å². The topological polar surface area (TPSA) is 73.5 Å². The van der Waals surface area contributed by atoms with E-state index in [1.165, 1.54) is 0 Å². The van der Waals surface area contributed by atoms with Crippen molar-refractivity contribution in [2.24, 2.45) is 20.2 Å². The van der Waals surface area contributed by atoms with Crippen LogP contribution in [0.1, 0.15) is 20.8 Å². The van der Waals surface area contributed by atoms with Gasteiger partial charge in [0.2, 0.25) is 0 Å². The molecule has 0 aliphatic carbocycles. The molecule has 0 spiro atoms. The fourth-order valence-corrected chi connectivity index (χ4v) is 2.31. The molecule has 6 nitrogen and oxygen atoms in total. The van der Waals surface area contributed by atoms with Crippen molar-refractivity contribution in [3.63, 3.8) is 0 Å². The summed E-state index contributed by atoms with van der Waals surface area (Å²) in [6, 6.07) is 0. The number of amidine groups is 2. The number of nitrogens with one attached hydrogen (secondary N) is 2. The van der Waals surface area contributed by atoms with E-state index in [4.69, 9.17) is 23.2 Å². The Hall–Kier alpha value is -0.880. The van der Waals surface area contributed by atoms with Gasteiger partial charge in [0, 0.05) is 13.1 Å². The van der Waals surface area contributed by atoms with Crippen molar-refractivity contribution in [2.75, 3.05) is 26.2 Å². The van der Waals surface area contributed by atoms with Gasteiger partial charge in [0.15, 0.2) is 5.54 Å². The average Bonchev–Trinajstić information content (AvgIpc) is 3.07. The summed E-state index contributed by atoms with van der Waals surface area (Å²) in [5.74, 6) is 1.53. The highest BCUT2D eigenvalue weighted by molar-refractivity contribution is 6.46. The first-order valence-corrected chi connectivity index (χ1v) is 7.53. The fraction of sp³-hybridized carbons (Fsp3) is 0.833. The molecule has 0 amide bonds. The van der Waals surface area contributed by atoms with Crippen LogP contribution in [0.25, 0.3) is 0 Å². The quantitative estimate of drug-likeness (QED) is 0.599. The summed E-state index contributed by atoms with van der Waals surface area (Å²) in [4.78, 5) is 8.02. The van der Waals surface area contributed by atoms with Crippen LogP contribution in [0.5, 0.6) is 0 Å². The molecule has 2 heterocycles. The minimum Gasteiger partial charge on any atom is -0.370 e. The molecule has 2 rings (SSSR count). The average molecular weight is 319 g/mol. The monoisotopic (exact) mass is 318 g/mol. The van der Waals surface area contributed by atoms with Crippen LogP contribution in [-0.4, -0.2) is 53.8 Å². The number of azo groups is 1. The molecule has 2 aliphatic rings. The van der Waals surface area contributed by atoms with Crippen LogP contribution in [0, 0.1) is 0 Å². The van der Waals surface area contributed by atoms with E-state index in [1.807, 2.05) is 20.8 Å². The Morgan fingerprint density at radius 2 is 1.55 bits per heavy atom. The third-order valence-corrected chi connectivity index (χ3v) is 4.19. The van der Waals surface area contributed by atoms with Crippen LogP contribution in [0.4, 0.5) is 0 Å². The molecule has 0 saturated carbocycles. The third kappa shape index (κ3) is 3.06. The van der Waals surface area contributed by atoms with Crippen LogP contribution in [0.3, 0.4) is 0 Å². The molecule has 2 aliphatic heterocycles. The van der Waals surface area contributed by atoms with Gasteiger partial charge >= 0.3 is 0 Å². The fourth-order valence-electron chi connectivity index (χ4n) is 2.02. The van der Waals surface area contributed by atoms with Crippen molar-refractivity contribution in [3.8, 4) is 0 Å². The maximum absolute atomic E-state index is 6.10. The van der Waals surface area contributed by atoms with Crippen molar-refractivity contribution in [3.05, 3.63) is 0 Å². The molecule has 2 N–H and O–H groups in total. The van der Waals surface area contributed by atoms with Gasteiger partial charge in [0.25, 0.3) is 0 Å². The Morgan fingerprint density at radius 3 is 2.00 bits per heavy atom. The number of alkyl halides is 2. The van der Waals surface area contributed by atoms with E-state index >= 15 is 0 Å². The Morgan fingerprint density at radius 1 is 1.00 bits per heavy atom. The first-order valence-electron chi connectivity index (χ1n) is 6.66. The molecule has 112 valence electrons. The van der Waals surface area contributed by atoms with Gasteiger partial charge in [-0.05, 0) is 20.8 Å². The maximum Gasteiger partial charge on any atom is 0.165 e. The molecule has 20 heavy (non-hydrogen) atoms. The molecule has 0 aromatic heterocycles. The van der Waals surface area contributed by atoms with Gasteiger partial charge in [0.05, 0.1) is 13.1 Å². The lowest BCUT2D eigenvalue weighted by molar-refractivity contribution is 0.544. The van der Waals surface area contributed by atoms with E-state index in [1.54, 1.807) is 0 Å². The van der Waals surface area contributed by atoms with Gasteiger partial charge in [-0.2, -0.15) is 10.2 Å². The van der Waals surface area contributed by atoms with Gasteiger partial charge in [0.1, 0.15) is 22.0 Å². The molecule has 0 aromatic rings. The number of nitrogens with zero attached hydrogens (tertiary/aromatic N) is 4. The van der Waals surface area contributed by atoms with E-state index in [0.29, 0.717) is 12.4 Å². The lowest BCUT2D eigenvalue weighted by atomic mass is 10.0. The number of hydrogen-bond acceptors (Lipinski definition) is 6. The van der Waals surface area contributed by atoms with Crippen molar-refractivity contribution in [1.29, 1.82) is 0 Å². The summed E-state index contributed by atoms with van der Waals surface area (Å²) in [5.41, 5.74) is -1.39. The van der Waals surface area contributed by atoms with Crippen LogP contribution >= 0.6 is 23.2 Å². The standard InChI is InChI=1S/C12H20Cl2N6/c1-11(2,9-15-4-5-16-9)19-20-12(3,8(13)14)10-17-6-7-18-10/h8H,4-7H2,1-3H3,(H,15,16)(H,17,18). The van der Waals surface area contributed by atoms with Crippen molar-refractivity contribution < 1.29 is 0 Å².